The van der Waals surface area contributed by atoms with Crippen LogP contribution in [0, 0.1) is 5.92 Å². The Morgan fingerprint density at radius 3 is 2.26 bits per heavy atom. The Labute approximate surface area is 114 Å². The lowest BCUT2D eigenvalue weighted by molar-refractivity contribution is -0.153. The molecule has 0 bridgehead atoms. The molecule has 0 aliphatic heterocycles. The number of likely N-dealkylation sites (N-methyl/N-ethyl adjacent to an activating group) is 1. The van der Waals surface area contributed by atoms with E-state index in [9.17, 15) is 9.59 Å². The first-order valence-electron chi connectivity index (χ1n) is 6.49. The third-order valence-corrected chi connectivity index (χ3v) is 2.72. The maximum atomic E-state index is 11.7. The summed E-state index contributed by atoms with van der Waals surface area (Å²) in [7, 11) is 1.57. The molecule has 1 aromatic rings. The largest absolute Gasteiger partial charge is 0.459 e. The van der Waals surface area contributed by atoms with Crippen molar-refractivity contribution in [2.24, 2.45) is 5.92 Å². The molecule has 0 radical (unpaired) electrons. The highest BCUT2D eigenvalue weighted by Crippen LogP contribution is 2.16. The molecule has 0 atom stereocenters. The van der Waals surface area contributed by atoms with Gasteiger partial charge in [0.15, 0.2) is 0 Å². The van der Waals surface area contributed by atoms with E-state index in [4.69, 9.17) is 4.74 Å². The fourth-order valence-electron chi connectivity index (χ4n) is 1.77. The zero-order valence-corrected chi connectivity index (χ0v) is 12.0. The van der Waals surface area contributed by atoms with Gasteiger partial charge in [-0.05, 0) is 37.0 Å². The molecule has 0 aromatic heterocycles. The number of hydrogen-bond acceptors (Lipinski definition) is 3. The molecule has 1 aromatic carbocycles. The van der Waals surface area contributed by atoms with Crippen molar-refractivity contribution < 1.29 is 14.3 Å². The minimum absolute atomic E-state index is 0.200. The summed E-state index contributed by atoms with van der Waals surface area (Å²) in [6.07, 6.45) is 0.996. The van der Waals surface area contributed by atoms with Gasteiger partial charge < -0.3 is 9.64 Å². The van der Waals surface area contributed by atoms with Gasteiger partial charge in [-0.25, -0.2) is 4.79 Å². The van der Waals surface area contributed by atoms with Gasteiger partial charge in [-0.15, -0.1) is 0 Å². The first-order chi connectivity index (χ1) is 8.95. The number of carbonyl (C=O) groups excluding carboxylic acids is 2. The second-order valence-corrected chi connectivity index (χ2v) is 4.85. The topological polar surface area (TPSA) is 46.6 Å². The van der Waals surface area contributed by atoms with E-state index < -0.39 is 11.9 Å². The molecule has 19 heavy (non-hydrogen) atoms. The molecule has 0 saturated heterocycles. The fraction of sp³-hybridized carbons (Fsp3) is 0.467. The zero-order valence-electron chi connectivity index (χ0n) is 12.0. The molecule has 4 nitrogen and oxygen atoms in total. The Morgan fingerprint density at radius 2 is 1.79 bits per heavy atom. The Hall–Kier alpha value is -1.84. The Kier molecular flexibility index (Phi) is 5.55. The predicted molar refractivity (Wildman–Crippen MR) is 75.0 cm³/mol. The molecule has 0 heterocycles. The molecule has 1 rings (SSSR count). The summed E-state index contributed by atoms with van der Waals surface area (Å²) in [6.45, 7) is 6.19. The van der Waals surface area contributed by atoms with Crippen LogP contribution in [0.4, 0.5) is 5.69 Å². The van der Waals surface area contributed by atoms with Crippen LogP contribution in [-0.4, -0.2) is 25.5 Å². The van der Waals surface area contributed by atoms with E-state index in [2.05, 4.69) is 13.8 Å². The van der Waals surface area contributed by atoms with Crippen molar-refractivity contribution in [3.8, 4) is 0 Å². The minimum atomic E-state index is -0.823. The SMILES string of the molecule is CCOC(=O)C(=O)N(C)c1ccc(CC(C)C)cc1. The molecule has 0 N–H and O–H groups in total. The molecular weight excluding hydrogens is 242 g/mol. The first-order valence-corrected chi connectivity index (χ1v) is 6.49. The van der Waals surface area contributed by atoms with Gasteiger partial charge in [0.25, 0.3) is 0 Å². The van der Waals surface area contributed by atoms with Crippen LogP contribution in [0.1, 0.15) is 26.3 Å². The van der Waals surface area contributed by atoms with Crippen LogP contribution in [0.5, 0.6) is 0 Å². The van der Waals surface area contributed by atoms with Crippen molar-refractivity contribution in [2.75, 3.05) is 18.6 Å². The van der Waals surface area contributed by atoms with Gasteiger partial charge in [-0.2, -0.15) is 0 Å². The lowest BCUT2D eigenvalue weighted by Crippen LogP contribution is -2.34. The van der Waals surface area contributed by atoms with Crippen molar-refractivity contribution in [3.05, 3.63) is 29.8 Å². The third-order valence-electron chi connectivity index (χ3n) is 2.72. The molecule has 0 aliphatic rings. The van der Waals surface area contributed by atoms with Crippen LogP contribution in [0.2, 0.25) is 0 Å². The fourth-order valence-corrected chi connectivity index (χ4v) is 1.77. The first kappa shape index (κ1) is 15.2. The quantitative estimate of drug-likeness (QED) is 0.619. The average molecular weight is 263 g/mol. The highest BCUT2D eigenvalue weighted by atomic mass is 16.5. The van der Waals surface area contributed by atoms with Crippen molar-refractivity contribution in [1.29, 1.82) is 0 Å². The molecule has 0 saturated carbocycles. The minimum Gasteiger partial charge on any atom is -0.459 e. The van der Waals surface area contributed by atoms with Crippen LogP contribution < -0.4 is 4.90 Å². The summed E-state index contributed by atoms with van der Waals surface area (Å²) in [5.41, 5.74) is 1.90. The average Bonchev–Trinajstić information content (AvgIpc) is 2.37. The summed E-state index contributed by atoms with van der Waals surface area (Å²) in [5.74, 6) is -0.889. The van der Waals surface area contributed by atoms with E-state index in [1.807, 2.05) is 24.3 Å². The molecule has 0 spiro atoms. The van der Waals surface area contributed by atoms with Crippen molar-refractivity contribution in [1.82, 2.24) is 0 Å². The van der Waals surface area contributed by atoms with E-state index in [1.54, 1.807) is 14.0 Å². The lowest BCUT2D eigenvalue weighted by atomic mass is 10.0. The third kappa shape index (κ3) is 4.39. The van der Waals surface area contributed by atoms with Gasteiger partial charge in [-0.1, -0.05) is 26.0 Å². The van der Waals surface area contributed by atoms with Gasteiger partial charge in [0.1, 0.15) is 0 Å². The Bertz CT molecular complexity index is 437. The maximum Gasteiger partial charge on any atom is 0.397 e. The number of esters is 1. The Morgan fingerprint density at radius 1 is 1.21 bits per heavy atom. The highest BCUT2D eigenvalue weighted by molar-refractivity contribution is 6.37. The summed E-state index contributed by atoms with van der Waals surface area (Å²) < 4.78 is 4.69. The molecule has 104 valence electrons. The second kappa shape index (κ2) is 6.92. The summed E-state index contributed by atoms with van der Waals surface area (Å²) >= 11 is 0. The van der Waals surface area contributed by atoms with Gasteiger partial charge in [0.2, 0.25) is 0 Å². The number of anilines is 1. The second-order valence-electron chi connectivity index (χ2n) is 4.85. The number of carbonyl (C=O) groups is 2. The molecular formula is C15H21NO3. The van der Waals surface area contributed by atoms with E-state index in [-0.39, 0.29) is 6.61 Å². The molecule has 0 aliphatic carbocycles. The summed E-state index contributed by atoms with van der Waals surface area (Å²) in [6, 6.07) is 7.64. The normalized spacial score (nSPS) is 10.4. The van der Waals surface area contributed by atoms with E-state index in [0.717, 1.165) is 6.42 Å². The monoisotopic (exact) mass is 263 g/mol. The molecule has 0 unspecified atom stereocenters. The smallest absolute Gasteiger partial charge is 0.397 e. The van der Waals surface area contributed by atoms with Crippen molar-refractivity contribution in [3.63, 3.8) is 0 Å². The lowest BCUT2D eigenvalue weighted by Gasteiger charge is -2.16. The number of rotatable bonds is 4. The number of hydrogen-bond donors (Lipinski definition) is 0. The number of ether oxygens (including phenoxy) is 1. The molecule has 1 amide bonds. The van der Waals surface area contributed by atoms with Crippen LogP contribution in [0.3, 0.4) is 0 Å². The highest BCUT2D eigenvalue weighted by Gasteiger charge is 2.20. The zero-order chi connectivity index (χ0) is 14.4. The van der Waals surface area contributed by atoms with Gasteiger partial charge in [0, 0.05) is 12.7 Å². The summed E-state index contributed by atoms with van der Waals surface area (Å²) in [5, 5.41) is 0. The van der Waals surface area contributed by atoms with Crippen molar-refractivity contribution >= 4 is 17.6 Å². The van der Waals surface area contributed by atoms with Gasteiger partial charge in [0.05, 0.1) is 6.61 Å². The van der Waals surface area contributed by atoms with Crippen LogP contribution in [-0.2, 0) is 20.7 Å². The molecule has 0 fully saturated rings. The Balaban J connectivity index is 2.74. The standard InChI is InChI=1S/C15H21NO3/c1-5-19-15(18)14(17)16(4)13-8-6-12(7-9-13)10-11(2)3/h6-9,11H,5,10H2,1-4H3. The van der Waals surface area contributed by atoms with Crippen LogP contribution >= 0.6 is 0 Å². The molecule has 4 heteroatoms. The van der Waals surface area contributed by atoms with Gasteiger partial charge >= 0.3 is 11.9 Å². The number of amides is 1. The van der Waals surface area contributed by atoms with Gasteiger partial charge in [-0.3, -0.25) is 4.79 Å². The maximum absolute atomic E-state index is 11.7. The van der Waals surface area contributed by atoms with E-state index in [0.29, 0.717) is 11.6 Å². The number of benzene rings is 1. The van der Waals surface area contributed by atoms with E-state index >= 15 is 0 Å². The van der Waals surface area contributed by atoms with Crippen molar-refractivity contribution in [2.45, 2.75) is 27.2 Å². The number of nitrogens with zero attached hydrogens (tertiary/aromatic N) is 1. The van der Waals surface area contributed by atoms with Crippen LogP contribution in [0.25, 0.3) is 0 Å². The van der Waals surface area contributed by atoms with E-state index in [1.165, 1.54) is 10.5 Å². The summed E-state index contributed by atoms with van der Waals surface area (Å²) in [4.78, 5) is 24.4. The van der Waals surface area contributed by atoms with Crippen LogP contribution in [0.15, 0.2) is 24.3 Å². The predicted octanol–water partition coefficient (Wildman–Crippen LogP) is 2.41.